The van der Waals surface area contributed by atoms with Gasteiger partial charge in [-0.15, -0.1) is 0 Å². The number of anilines is 1. The number of carbonyl (C=O) groups is 1. The van der Waals surface area contributed by atoms with E-state index in [1.807, 2.05) is 13.8 Å². The van der Waals surface area contributed by atoms with E-state index in [-0.39, 0.29) is 17.4 Å². The SMILES string of the molecule is CCCCN(CCCC)S(=O)(=O)c1cc2c(cc1C)NC(=O)CO2. The number of carbonyl (C=O) groups excluding carboxylic acids is 1. The van der Waals surface area contributed by atoms with Crippen LogP contribution in [0.25, 0.3) is 0 Å². The second kappa shape index (κ2) is 7.98. The van der Waals surface area contributed by atoms with Gasteiger partial charge in [-0.3, -0.25) is 4.79 Å². The van der Waals surface area contributed by atoms with Crippen molar-refractivity contribution in [1.82, 2.24) is 4.31 Å². The van der Waals surface area contributed by atoms with E-state index in [1.165, 1.54) is 6.07 Å². The molecule has 0 radical (unpaired) electrons. The molecular formula is C17H26N2O4S. The number of nitrogens with zero attached hydrogens (tertiary/aromatic N) is 1. The fourth-order valence-corrected chi connectivity index (χ4v) is 4.39. The molecule has 0 bridgehead atoms. The molecule has 0 aliphatic carbocycles. The van der Waals surface area contributed by atoms with Gasteiger partial charge in [-0.2, -0.15) is 4.31 Å². The first-order valence-corrected chi connectivity index (χ1v) is 9.91. The van der Waals surface area contributed by atoms with Crippen LogP contribution in [0.2, 0.25) is 0 Å². The van der Waals surface area contributed by atoms with Crippen molar-refractivity contribution in [2.24, 2.45) is 0 Å². The molecule has 1 aliphatic rings. The van der Waals surface area contributed by atoms with Crippen LogP contribution in [0.1, 0.15) is 45.1 Å². The van der Waals surface area contributed by atoms with Crippen molar-refractivity contribution in [3.05, 3.63) is 17.7 Å². The van der Waals surface area contributed by atoms with Crippen LogP contribution in [-0.4, -0.2) is 38.3 Å². The average molecular weight is 354 g/mol. The summed E-state index contributed by atoms with van der Waals surface area (Å²) in [6.45, 7) is 6.78. The van der Waals surface area contributed by atoms with Crippen LogP contribution in [0.15, 0.2) is 17.0 Å². The Kier molecular flexibility index (Phi) is 6.23. The summed E-state index contributed by atoms with van der Waals surface area (Å²) >= 11 is 0. The van der Waals surface area contributed by atoms with Gasteiger partial charge < -0.3 is 10.1 Å². The van der Waals surface area contributed by atoms with Crippen LogP contribution in [0.5, 0.6) is 5.75 Å². The van der Waals surface area contributed by atoms with Crippen molar-refractivity contribution >= 4 is 21.6 Å². The van der Waals surface area contributed by atoms with Gasteiger partial charge >= 0.3 is 0 Å². The van der Waals surface area contributed by atoms with Crippen LogP contribution in [0.4, 0.5) is 5.69 Å². The Labute approximate surface area is 144 Å². The van der Waals surface area contributed by atoms with Crippen LogP contribution in [-0.2, 0) is 14.8 Å². The molecular weight excluding hydrogens is 328 g/mol. The Morgan fingerprint density at radius 2 is 1.79 bits per heavy atom. The van der Waals surface area contributed by atoms with Gasteiger partial charge in [-0.25, -0.2) is 8.42 Å². The van der Waals surface area contributed by atoms with Gasteiger partial charge in [0.15, 0.2) is 6.61 Å². The first-order chi connectivity index (χ1) is 11.4. The van der Waals surface area contributed by atoms with Gasteiger partial charge in [0.2, 0.25) is 10.0 Å². The van der Waals surface area contributed by atoms with E-state index in [1.54, 1.807) is 17.3 Å². The topological polar surface area (TPSA) is 75.7 Å². The molecule has 6 nitrogen and oxygen atoms in total. The number of hydrogen-bond donors (Lipinski definition) is 1. The van der Waals surface area contributed by atoms with E-state index in [0.29, 0.717) is 30.1 Å². The molecule has 1 heterocycles. The molecule has 1 amide bonds. The fraction of sp³-hybridized carbons (Fsp3) is 0.588. The number of sulfonamides is 1. The van der Waals surface area contributed by atoms with Crippen LogP contribution in [0, 0.1) is 6.92 Å². The van der Waals surface area contributed by atoms with E-state index >= 15 is 0 Å². The number of rotatable bonds is 8. The highest BCUT2D eigenvalue weighted by atomic mass is 32.2. The van der Waals surface area contributed by atoms with E-state index in [2.05, 4.69) is 5.32 Å². The van der Waals surface area contributed by atoms with Crippen molar-refractivity contribution in [3.8, 4) is 5.75 Å². The zero-order valence-corrected chi connectivity index (χ0v) is 15.4. The number of nitrogens with one attached hydrogen (secondary N) is 1. The fourth-order valence-electron chi connectivity index (χ4n) is 2.65. The summed E-state index contributed by atoms with van der Waals surface area (Å²) in [6.07, 6.45) is 3.55. The zero-order chi connectivity index (χ0) is 17.7. The number of fused-ring (bicyclic) bond motifs is 1. The van der Waals surface area contributed by atoms with Gasteiger partial charge in [0.1, 0.15) is 5.75 Å². The van der Waals surface area contributed by atoms with Crippen molar-refractivity contribution < 1.29 is 17.9 Å². The quantitative estimate of drug-likeness (QED) is 0.779. The Morgan fingerprint density at radius 3 is 2.38 bits per heavy atom. The molecule has 0 atom stereocenters. The summed E-state index contributed by atoms with van der Waals surface area (Å²) in [5, 5.41) is 2.70. The molecule has 0 aromatic heterocycles. The summed E-state index contributed by atoms with van der Waals surface area (Å²) in [5.74, 6) is 0.176. The number of aryl methyl sites for hydroxylation is 1. The lowest BCUT2D eigenvalue weighted by molar-refractivity contribution is -0.118. The standard InChI is InChI=1S/C17H26N2O4S/c1-4-6-8-19(9-7-5-2)24(21,22)16-11-15-14(10-13(16)3)18-17(20)12-23-15/h10-11H,4-9,12H2,1-3H3,(H,18,20). The number of hydrogen-bond acceptors (Lipinski definition) is 4. The lowest BCUT2D eigenvalue weighted by Gasteiger charge is -2.25. The van der Waals surface area contributed by atoms with Gasteiger partial charge in [0.25, 0.3) is 5.91 Å². The molecule has 0 saturated carbocycles. The normalized spacial score (nSPS) is 14.2. The number of ether oxygens (including phenoxy) is 1. The molecule has 1 aliphatic heterocycles. The monoisotopic (exact) mass is 354 g/mol. The van der Waals surface area contributed by atoms with Crippen molar-refractivity contribution in [1.29, 1.82) is 0 Å². The van der Waals surface area contributed by atoms with Gasteiger partial charge in [-0.05, 0) is 31.4 Å². The molecule has 7 heteroatoms. The minimum absolute atomic E-state index is 0.0923. The Hall–Kier alpha value is -1.60. The molecule has 0 spiro atoms. The van der Waals surface area contributed by atoms with Crippen molar-refractivity contribution in [3.63, 3.8) is 0 Å². The Bertz CT molecular complexity index is 693. The third-order valence-corrected chi connectivity index (χ3v) is 6.09. The van der Waals surface area contributed by atoms with Gasteiger partial charge in [-0.1, -0.05) is 26.7 Å². The van der Waals surface area contributed by atoms with E-state index in [0.717, 1.165) is 25.7 Å². The van der Waals surface area contributed by atoms with Crippen molar-refractivity contribution in [2.45, 2.75) is 51.3 Å². The number of unbranched alkanes of at least 4 members (excludes halogenated alkanes) is 2. The molecule has 0 saturated heterocycles. The molecule has 134 valence electrons. The summed E-state index contributed by atoms with van der Waals surface area (Å²) in [7, 11) is -3.58. The summed E-state index contributed by atoms with van der Waals surface area (Å²) in [6, 6.07) is 3.20. The molecule has 1 aromatic carbocycles. The zero-order valence-electron chi connectivity index (χ0n) is 14.6. The molecule has 2 rings (SSSR count). The molecule has 24 heavy (non-hydrogen) atoms. The van der Waals surface area contributed by atoms with E-state index in [9.17, 15) is 13.2 Å². The van der Waals surface area contributed by atoms with Crippen molar-refractivity contribution in [2.75, 3.05) is 25.0 Å². The van der Waals surface area contributed by atoms with Crippen LogP contribution in [0.3, 0.4) is 0 Å². The second-order valence-electron chi connectivity index (χ2n) is 6.06. The third kappa shape index (κ3) is 4.08. The molecule has 0 unspecified atom stereocenters. The molecule has 1 aromatic rings. The largest absolute Gasteiger partial charge is 0.482 e. The summed E-state index contributed by atoms with van der Waals surface area (Å²) in [4.78, 5) is 11.7. The first-order valence-electron chi connectivity index (χ1n) is 8.47. The maximum Gasteiger partial charge on any atom is 0.262 e. The maximum absolute atomic E-state index is 13.1. The predicted molar refractivity (Wildman–Crippen MR) is 93.9 cm³/mol. The lowest BCUT2D eigenvalue weighted by Crippen LogP contribution is -2.34. The highest BCUT2D eigenvalue weighted by Gasteiger charge is 2.28. The maximum atomic E-state index is 13.1. The highest BCUT2D eigenvalue weighted by molar-refractivity contribution is 7.89. The lowest BCUT2D eigenvalue weighted by atomic mass is 10.2. The van der Waals surface area contributed by atoms with Crippen LogP contribution >= 0.6 is 0 Å². The van der Waals surface area contributed by atoms with Gasteiger partial charge in [0.05, 0.1) is 10.6 Å². The molecule has 1 N–H and O–H groups in total. The third-order valence-electron chi connectivity index (χ3n) is 4.05. The van der Waals surface area contributed by atoms with Crippen LogP contribution < -0.4 is 10.1 Å². The smallest absolute Gasteiger partial charge is 0.262 e. The average Bonchev–Trinajstić information content (AvgIpc) is 2.53. The van der Waals surface area contributed by atoms with E-state index < -0.39 is 10.0 Å². The first kappa shape index (κ1) is 18.7. The summed E-state index contributed by atoms with van der Waals surface area (Å²) < 4.78 is 33.1. The minimum atomic E-state index is -3.58. The number of benzene rings is 1. The molecule has 0 fully saturated rings. The second-order valence-corrected chi connectivity index (χ2v) is 7.97. The minimum Gasteiger partial charge on any atom is -0.482 e. The summed E-state index contributed by atoms with van der Waals surface area (Å²) in [5.41, 5.74) is 1.13. The van der Waals surface area contributed by atoms with Gasteiger partial charge in [0, 0.05) is 19.2 Å². The number of amides is 1. The van der Waals surface area contributed by atoms with E-state index in [4.69, 9.17) is 4.74 Å². The Morgan fingerprint density at radius 1 is 1.17 bits per heavy atom. The predicted octanol–water partition coefficient (Wildman–Crippen LogP) is 2.92. The highest BCUT2D eigenvalue weighted by Crippen LogP contribution is 2.34. The Balaban J connectivity index is 2.37.